The molecule has 28 heavy (non-hydrogen) atoms. The number of carbonyl (C=O) groups is 2. The molecule has 2 aromatic carbocycles. The molecule has 1 aliphatic heterocycles. The average Bonchev–Trinajstić information content (AvgIpc) is 2.70. The van der Waals surface area contributed by atoms with Gasteiger partial charge >= 0.3 is 5.97 Å². The molecule has 148 valence electrons. The van der Waals surface area contributed by atoms with Crippen LogP contribution in [0.3, 0.4) is 0 Å². The predicted molar refractivity (Wildman–Crippen MR) is 102 cm³/mol. The lowest BCUT2D eigenvalue weighted by Crippen LogP contribution is -2.42. The maximum atomic E-state index is 13.0. The molecule has 2 aromatic rings. The number of likely N-dealkylation sites (N-methyl/N-ethyl adjacent to an activating group) is 1. The number of rotatable bonds is 6. The van der Waals surface area contributed by atoms with Crippen LogP contribution in [0.1, 0.15) is 40.4 Å². The minimum absolute atomic E-state index is 0.271. The van der Waals surface area contributed by atoms with Gasteiger partial charge in [-0.05, 0) is 42.3 Å². The van der Waals surface area contributed by atoms with E-state index in [1.807, 2.05) is 6.92 Å². The summed E-state index contributed by atoms with van der Waals surface area (Å²) in [5.74, 6) is -0.786. The molecule has 0 aliphatic carbocycles. The molecule has 0 fully saturated rings. The number of methoxy groups -OCH3 is 2. The summed E-state index contributed by atoms with van der Waals surface area (Å²) in [7, 11) is 4.55. The molecule has 0 bridgehead atoms. The third-order valence-corrected chi connectivity index (χ3v) is 4.97. The zero-order chi connectivity index (χ0) is 20.4. The van der Waals surface area contributed by atoms with Gasteiger partial charge in [0.05, 0.1) is 26.9 Å². The van der Waals surface area contributed by atoms with E-state index in [1.165, 1.54) is 25.2 Å². The smallest absolute Gasteiger partial charge is 0.313 e. The lowest BCUT2D eigenvalue weighted by molar-refractivity contribution is -0.140. The van der Waals surface area contributed by atoms with Gasteiger partial charge < -0.3 is 24.2 Å². The molecular formula is C21H23NO6. The first-order chi connectivity index (χ1) is 13.4. The number of carbonyl (C=O) groups excluding carboxylic acids is 1. The van der Waals surface area contributed by atoms with E-state index in [1.54, 1.807) is 37.4 Å². The molecule has 1 amide bonds. The highest BCUT2D eigenvalue weighted by atomic mass is 16.5. The summed E-state index contributed by atoms with van der Waals surface area (Å²) in [6.45, 7) is 2.43. The molecule has 0 unspecified atom stereocenters. The van der Waals surface area contributed by atoms with E-state index in [2.05, 4.69) is 0 Å². The Hall–Kier alpha value is -3.22. The van der Waals surface area contributed by atoms with Crippen molar-refractivity contribution in [3.8, 4) is 17.2 Å². The van der Waals surface area contributed by atoms with Crippen molar-refractivity contribution in [3.05, 3.63) is 53.1 Å². The number of carboxylic acids is 1. The van der Waals surface area contributed by atoms with Crippen molar-refractivity contribution in [3.63, 3.8) is 0 Å². The Morgan fingerprint density at radius 1 is 1.11 bits per heavy atom. The third-order valence-electron chi connectivity index (χ3n) is 4.97. The van der Waals surface area contributed by atoms with Crippen LogP contribution in [0.25, 0.3) is 0 Å². The summed E-state index contributed by atoms with van der Waals surface area (Å²) in [5, 5.41) is 10.0. The van der Waals surface area contributed by atoms with Gasteiger partial charge in [-0.2, -0.15) is 0 Å². The number of benzene rings is 2. The zero-order valence-corrected chi connectivity index (χ0v) is 16.3. The minimum Gasteiger partial charge on any atom is -0.494 e. The summed E-state index contributed by atoms with van der Waals surface area (Å²) in [6, 6.07) is 9.60. The van der Waals surface area contributed by atoms with Crippen LogP contribution in [0.2, 0.25) is 0 Å². The van der Waals surface area contributed by atoms with Gasteiger partial charge in [0.25, 0.3) is 5.91 Å². The van der Waals surface area contributed by atoms with E-state index >= 15 is 0 Å². The maximum absolute atomic E-state index is 13.0. The average molecular weight is 385 g/mol. The monoisotopic (exact) mass is 385 g/mol. The molecule has 1 N–H and O–H groups in total. The first-order valence-electron chi connectivity index (χ1n) is 8.91. The van der Waals surface area contributed by atoms with Crippen LogP contribution < -0.4 is 14.2 Å². The van der Waals surface area contributed by atoms with Crippen molar-refractivity contribution >= 4 is 11.9 Å². The second-order valence-corrected chi connectivity index (χ2v) is 6.47. The first kappa shape index (κ1) is 19.5. The molecule has 0 saturated heterocycles. The van der Waals surface area contributed by atoms with Crippen LogP contribution in [0, 0.1) is 0 Å². The van der Waals surface area contributed by atoms with Gasteiger partial charge in [-0.25, -0.2) is 0 Å². The molecule has 2 atom stereocenters. The number of amides is 1. The van der Waals surface area contributed by atoms with Gasteiger partial charge in [0, 0.05) is 12.6 Å². The highest BCUT2D eigenvalue weighted by Gasteiger charge is 2.43. The van der Waals surface area contributed by atoms with Gasteiger partial charge in [-0.3, -0.25) is 9.59 Å². The van der Waals surface area contributed by atoms with E-state index in [0.29, 0.717) is 40.5 Å². The molecule has 0 radical (unpaired) electrons. The van der Waals surface area contributed by atoms with Gasteiger partial charge in [0.1, 0.15) is 11.7 Å². The van der Waals surface area contributed by atoms with Gasteiger partial charge in [-0.15, -0.1) is 0 Å². The van der Waals surface area contributed by atoms with Crippen LogP contribution in [0.4, 0.5) is 0 Å². The van der Waals surface area contributed by atoms with Gasteiger partial charge in [0.15, 0.2) is 11.5 Å². The maximum Gasteiger partial charge on any atom is 0.313 e. The second kappa shape index (κ2) is 7.80. The summed E-state index contributed by atoms with van der Waals surface area (Å²) >= 11 is 0. The Labute approximate surface area is 163 Å². The lowest BCUT2D eigenvalue weighted by atomic mass is 9.80. The van der Waals surface area contributed by atoms with Crippen LogP contribution >= 0.6 is 0 Å². The quantitative estimate of drug-likeness (QED) is 0.822. The van der Waals surface area contributed by atoms with Gasteiger partial charge in [-0.1, -0.05) is 12.1 Å². The van der Waals surface area contributed by atoms with Crippen molar-refractivity contribution in [2.75, 3.05) is 27.9 Å². The minimum atomic E-state index is -1.02. The van der Waals surface area contributed by atoms with Crippen molar-refractivity contribution in [1.29, 1.82) is 0 Å². The molecule has 0 aromatic heterocycles. The zero-order valence-electron chi connectivity index (χ0n) is 16.3. The molecule has 1 heterocycles. The van der Waals surface area contributed by atoms with Crippen LogP contribution in [0.5, 0.6) is 17.2 Å². The Balaban J connectivity index is 2.15. The molecule has 7 nitrogen and oxygen atoms in total. The highest BCUT2D eigenvalue weighted by Crippen LogP contribution is 2.45. The van der Waals surface area contributed by atoms with Crippen molar-refractivity contribution in [1.82, 2.24) is 4.90 Å². The van der Waals surface area contributed by atoms with Crippen LogP contribution in [0.15, 0.2) is 36.4 Å². The molecule has 7 heteroatoms. The Kier molecular flexibility index (Phi) is 5.44. The third kappa shape index (κ3) is 3.24. The number of ether oxygens (including phenoxy) is 3. The SMILES string of the molecule is CCOc1ccc([C@H]2[C@@H](C(=O)O)c3cc(OC)c(OC)cc3C(=O)N2C)cc1. The van der Waals surface area contributed by atoms with Crippen LogP contribution in [-0.2, 0) is 4.79 Å². The fraction of sp³-hybridized carbons (Fsp3) is 0.333. The lowest BCUT2D eigenvalue weighted by Gasteiger charge is -2.39. The van der Waals surface area contributed by atoms with Crippen molar-refractivity contribution < 1.29 is 28.9 Å². The van der Waals surface area contributed by atoms with E-state index < -0.39 is 17.9 Å². The van der Waals surface area contributed by atoms with E-state index in [0.717, 1.165) is 0 Å². The van der Waals surface area contributed by atoms with Crippen LogP contribution in [-0.4, -0.2) is 49.8 Å². The highest BCUT2D eigenvalue weighted by molar-refractivity contribution is 6.01. The number of carboxylic acid groups (broad SMARTS) is 1. The predicted octanol–water partition coefficient (Wildman–Crippen LogP) is 3.10. The number of hydrogen-bond donors (Lipinski definition) is 1. The molecule has 3 rings (SSSR count). The number of hydrogen-bond acceptors (Lipinski definition) is 5. The summed E-state index contributed by atoms with van der Waals surface area (Å²) in [4.78, 5) is 26.7. The molecular weight excluding hydrogens is 362 g/mol. The van der Waals surface area contributed by atoms with E-state index in [-0.39, 0.29) is 5.91 Å². The second-order valence-electron chi connectivity index (χ2n) is 6.47. The van der Waals surface area contributed by atoms with Gasteiger partial charge in [0.2, 0.25) is 0 Å². The Bertz CT molecular complexity index is 893. The fourth-order valence-corrected chi connectivity index (χ4v) is 3.66. The first-order valence-corrected chi connectivity index (χ1v) is 8.91. The van der Waals surface area contributed by atoms with E-state index in [4.69, 9.17) is 14.2 Å². The standard InChI is InChI=1S/C21H23NO6/c1-5-28-13-8-6-12(7-9-13)19-18(21(24)25)14-10-16(26-3)17(27-4)11-15(14)20(23)22(19)2/h6-11,18-19H,5H2,1-4H3,(H,24,25)/t18-,19-/m0/s1. The number of nitrogens with zero attached hydrogens (tertiary/aromatic N) is 1. The number of fused-ring (bicyclic) bond motifs is 1. The summed E-state index contributed by atoms with van der Waals surface area (Å²) < 4.78 is 16.0. The molecule has 1 aliphatic rings. The Morgan fingerprint density at radius 3 is 2.25 bits per heavy atom. The van der Waals surface area contributed by atoms with E-state index in [9.17, 15) is 14.7 Å². The normalized spacial score (nSPS) is 18.4. The topological polar surface area (TPSA) is 85.3 Å². The molecule has 0 spiro atoms. The summed E-state index contributed by atoms with van der Waals surface area (Å²) in [6.07, 6.45) is 0. The van der Waals surface area contributed by atoms with Crippen molar-refractivity contribution in [2.45, 2.75) is 18.9 Å². The Morgan fingerprint density at radius 2 is 1.71 bits per heavy atom. The number of aliphatic carboxylic acids is 1. The summed E-state index contributed by atoms with van der Waals surface area (Å²) in [5.41, 5.74) is 1.43. The molecule has 0 saturated carbocycles. The fourth-order valence-electron chi connectivity index (χ4n) is 3.66. The van der Waals surface area contributed by atoms with Crippen molar-refractivity contribution in [2.24, 2.45) is 0 Å². The largest absolute Gasteiger partial charge is 0.494 e.